The highest BCUT2D eigenvalue weighted by atomic mass is 32.2. The van der Waals surface area contributed by atoms with E-state index in [1.165, 1.54) is 12.1 Å². The molecule has 0 aliphatic carbocycles. The van der Waals surface area contributed by atoms with Gasteiger partial charge in [0.25, 0.3) is 0 Å². The zero-order chi connectivity index (χ0) is 12.9. The van der Waals surface area contributed by atoms with E-state index in [0.717, 1.165) is 6.20 Å². The van der Waals surface area contributed by atoms with Crippen molar-refractivity contribution in [2.75, 3.05) is 6.61 Å². The Morgan fingerprint density at radius 3 is 2.71 bits per heavy atom. The zero-order valence-electron chi connectivity index (χ0n) is 9.29. The number of nitrogens with one attached hydrogen (secondary N) is 1. The van der Waals surface area contributed by atoms with E-state index in [-0.39, 0.29) is 17.2 Å². The number of hydrogen-bond acceptors (Lipinski definition) is 5. The third-order valence-electron chi connectivity index (χ3n) is 2.20. The van der Waals surface area contributed by atoms with Crippen LogP contribution in [0.25, 0.3) is 0 Å². The molecule has 1 aromatic heterocycles. The molecule has 7 heteroatoms. The molecule has 0 unspecified atom stereocenters. The second kappa shape index (κ2) is 5.72. The second-order valence-corrected chi connectivity index (χ2v) is 5.11. The Kier molecular flexibility index (Phi) is 4.57. The summed E-state index contributed by atoms with van der Waals surface area (Å²) in [4.78, 5) is 3.65. The highest BCUT2D eigenvalue weighted by Crippen LogP contribution is 2.08. The quantitative estimate of drug-likeness (QED) is 0.771. The molecule has 0 spiro atoms. The Morgan fingerprint density at radius 1 is 1.59 bits per heavy atom. The molecule has 1 rings (SSSR count). The summed E-state index contributed by atoms with van der Waals surface area (Å²) in [7, 11) is -3.69. The lowest BCUT2D eigenvalue weighted by Crippen LogP contribution is -2.36. The first-order valence-corrected chi connectivity index (χ1v) is 6.51. The average molecular weight is 255 g/mol. The van der Waals surface area contributed by atoms with Gasteiger partial charge in [-0.15, -0.1) is 0 Å². The highest BCUT2D eigenvalue weighted by molar-refractivity contribution is 7.89. The first kappa shape index (κ1) is 13.6. The monoisotopic (exact) mass is 255 g/mol. The predicted octanol–water partition coefficient (Wildman–Crippen LogP) is 0.00248. The van der Waals surface area contributed by atoms with Crippen molar-refractivity contribution in [2.24, 2.45) is 0 Å². The Balaban J connectivity index is 2.93. The van der Waals surface area contributed by atoms with E-state index in [1.807, 2.05) is 0 Å². The van der Waals surface area contributed by atoms with E-state index in [9.17, 15) is 8.42 Å². The largest absolute Gasteiger partial charge is 0.395 e. The summed E-state index contributed by atoms with van der Waals surface area (Å²) >= 11 is 0. The number of aliphatic hydroxyl groups excluding tert-OH is 1. The van der Waals surface area contributed by atoms with Crippen LogP contribution < -0.4 is 4.72 Å². The number of pyridine rings is 1. The third kappa shape index (κ3) is 3.49. The fourth-order valence-corrected chi connectivity index (χ4v) is 2.40. The van der Waals surface area contributed by atoms with Crippen molar-refractivity contribution in [1.29, 1.82) is 5.26 Å². The van der Waals surface area contributed by atoms with Crippen LogP contribution in [0.5, 0.6) is 0 Å². The van der Waals surface area contributed by atoms with E-state index >= 15 is 0 Å². The lowest BCUT2D eigenvalue weighted by Gasteiger charge is -2.13. The van der Waals surface area contributed by atoms with Gasteiger partial charge in [-0.2, -0.15) is 5.26 Å². The molecule has 0 aromatic carbocycles. The second-order valence-electron chi connectivity index (χ2n) is 3.40. The van der Waals surface area contributed by atoms with Crippen LogP contribution in [-0.2, 0) is 10.0 Å². The van der Waals surface area contributed by atoms with Crippen LogP contribution in [0.4, 0.5) is 0 Å². The minimum absolute atomic E-state index is 0.0246. The predicted molar refractivity (Wildman–Crippen MR) is 60.4 cm³/mol. The first-order valence-electron chi connectivity index (χ1n) is 5.02. The van der Waals surface area contributed by atoms with Crippen molar-refractivity contribution < 1.29 is 13.5 Å². The Bertz CT molecular complexity index is 501. The molecule has 0 radical (unpaired) electrons. The maximum atomic E-state index is 11.8. The molecule has 17 heavy (non-hydrogen) atoms. The number of aliphatic hydroxyl groups is 1. The van der Waals surface area contributed by atoms with E-state index in [1.54, 1.807) is 13.0 Å². The molecule has 2 N–H and O–H groups in total. The van der Waals surface area contributed by atoms with Crippen LogP contribution >= 0.6 is 0 Å². The van der Waals surface area contributed by atoms with Crippen LogP contribution in [0.2, 0.25) is 0 Å². The van der Waals surface area contributed by atoms with Crippen LogP contribution in [0.15, 0.2) is 23.2 Å². The van der Waals surface area contributed by atoms with Gasteiger partial charge in [0.05, 0.1) is 6.61 Å². The zero-order valence-corrected chi connectivity index (χ0v) is 10.1. The molecule has 0 saturated heterocycles. The molecule has 1 atom stereocenters. The molecular weight excluding hydrogens is 242 g/mol. The standard InChI is InChI=1S/C10H13N3O3S/c1-2-8(7-14)13-17(15,16)10-4-3-9(5-11)12-6-10/h3-4,6,8,13-14H,2,7H2,1H3/t8-/m0/s1. The fraction of sp³-hybridized carbons (Fsp3) is 0.400. The van der Waals surface area contributed by atoms with E-state index in [2.05, 4.69) is 9.71 Å². The molecule has 0 bridgehead atoms. The lowest BCUT2D eigenvalue weighted by atomic mass is 10.3. The Hall–Kier alpha value is -1.49. The van der Waals surface area contributed by atoms with E-state index < -0.39 is 16.1 Å². The molecule has 0 aliphatic heterocycles. The average Bonchev–Trinajstić information content (AvgIpc) is 2.36. The topological polar surface area (TPSA) is 103 Å². The SMILES string of the molecule is CC[C@@H](CO)NS(=O)(=O)c1ccc(C#N)nc1. The molecule has 6 nitrogen and oxygen atoms in total. The number of nitriles is 1. The summed E-state index contributed by atoms with van der Waals surface area (Å²) in [6.45, 7) is 1.50. The lowest BCUT2D eigenvalue weighted by molar-refractivity contribution is 0.254. The summed E-state index contributed by atoms with van der Waals surface area (Å²) in [5.74, 6) is 0. The molecule has 1 heterocycles. The fourth-order valence-electron chi connectivity index (χ4n) is 1.14. The molecule has 92 valence electrons. The summed E-state index contributed by atoms with van der Waals surface area (Å²) in [6, 6.07) is 3.92. The normalized spacial score (nSPS) is 13.0. The minimum Gasteiger partial charge on any atom is -0.395 e. The molecule has 0 aliphatic rings. The summed E-state index contributed by atoms with van der Waals surface area (Å²) < 4.78 is 26.0. The van der Waals surface area contributed by atoms with Gasteiger partial charge >= 0.3 is 0 Å². The van der Waals surface area contributed by atoms with Gasteiger partial charge in [-0.25, -0.2) is 18.1 Å². The van der Waals surface area contributed by atoms with Crippen molar-refractivity contribution in [3.05, 3.63) is 24.0 Å². The molecule has 0 amide bonds. The highest BCUT2D eigenvalue weighted by Gasteiger charge is 2.18. The summed E-state index contributed by atoms with van der Waals surface area (Å²) in [6.07, 6.45) is 1.60. The molecular formula is C10H13N3O3S. The van der Waals surface area contributed by atoms with Gasteiger partial charge < -0.3 is 5.11 Å². The van der Waals surface area contributed by atoms with Gasteiger partial charge in [0.2, 0.25) is 10.0 Å². The van der Waals surface area contributed by atoms with Gasteiger partial charge in [0, 0.05) is 12.2 Å². The summed E-state index contributed by atoms with van der Waals surface area (Å²) in [5, 5.41) is 17.5. The van der Waals surface area contributed by atoms with Gasteiger partial charge in [0.15, 0.2) is 0 Å². The van der Waals surface area contributed by atoms with Crippen molar-refractivity contribution in [3.8, 4) is 6.07 Å². The van der Waals surface area contributed by atoms with Crippen LogP contribution in [-0.4, -0.2) is 31.2 Å². The van der Waals surface area contributed by atoms with Crippen LogP contribution in [0, 0.1) is 11.3 Å². The van der Waals surface area contributed by atoms with E-state index in [4.69, 9.17) is 10.4 Å². The van der Waals surface area contributed by atoms with Gasteiger partial charge in [0.1, 0.15) is 16.7 Å². The number of sulfonamides is 1. The Labute approximate surface area is 100.0 Å². The third-order valence-corrected chi connectivity index (χ3v) is 3.70. The maximum Gasteiger partial charge on any atom is 0.242 e. The van der Waals surface area contributed by atoms with Gasteiger partial charge in [-0.1, -0.05) is 6.92 Å². The van der Waals surface area contributed by atoms with Crippen molar-refractivity contribution >= 4 is 10.0 Å². The molecule has 0 saturated carbocycles. The number of nitrogens with zero attached hydrogens (tertiary/aromatic N) is 2. The Morgan fingerprint density at radius 2 is 2.29 bits per heavy atom. The first-order chi connectivity index (χ1) is 8.03. The number of aromatic nitrogens is 1. The number of rotatable bonds is 5. The van der Waals surface area contributed by atoms with Crippen molar-refractivity contribution in [2.45, 2.75) is 24.3 Å². The van der Waals surface area contributed by atoms with E-state index in [0.29, 0.717) is 6.42 Å². The minimum atomic E-state index is -3.69. The smallest absolute Gasteiger partial charge is 0.242 e. The van der Waals surface area contributed by atoms with Gasteiger partial charge in [-0.3, -0.25) is 0 Å². The molecule has 1 aromatic rings. The van der Waals surface area contributed by atoms with Crippen LogP contribution in [0.1, 0.15) is 19.0 Å². The number of hydrogen-bond donors (Lipinski definition) is 2. The van der Waals surface area contributed by atoms with Gasteiger partial charge in [-0.05, 0) is 18.6 Å². The van der Waals surface area contributed by atoms with Crippen molar-refractivity contribution in [1.82, 2.24) is 9.71 Å². The van der Waals surface area contributed by atoms with Crippen molar-refractivity contribution in [3.63, 3.8) is 0 Å². The molecule has 0 fully saturated rings. The van der Waals surface area contributed by atoms with Crippen LogP contribution in [0.3, 0.4) is 0 Å². The summed E-state index contributed by atoms with van der Waals surface area (Å²) in [5.41, 5.74) is 0.151. The maximum absolute atomic E-state index is 11.8.